The molecule has 1 aromatic rings. The third-order valence-corrected chi connectivity index (χ3v) is 4.43. The van der Waals surface area contributed by atoms with E-state index in [1.807, 2.05) is 0 Å². The summed E-state index contributed by atoms with van der Waals surface area (Å²) in [4.78, 5) is 13.1. The zero-order valence-electron chi connectivity index (χ0n) is 13.2. The van der Waals surface area contributed by atoms with Crippen molar-refractivity contribution in [3.8, 4) is 0 Å². The predicted octanol–water partition coefficient (Wildman–Crippen LogP) is 2.54. The molecule has 1 aliphatic heterocycles. The number of nitrogens with zero attached hydrogens (tertiary/aromatic N) is 3. The molecule has 0 unspecified atom stereocenters. The van der Waals surface area contributed by atoms with Crippen LogP contribution >= 0.6 is 0 Å². The minimum absolute atomic E-state index is 0.313. The average Bonchev–Trinajstić information content (AvgIpc) is 2.88. The number of rotatable bonds is 7. The summed E-state index contributed by atoms with van der Waals surface area (Å²) >= 11 is 0. The van der Waals surface area contributed by atoms with Crippen molar-refractivity contribution in [3.05, 3.63) is 17.5 Å². The summed E-state index contributed by atoms with van der Waals surface area (Å²) in [7, 11) is 0. The fourth-order valence-corrected chi connectivity index (χ4v) is 3.08. The maximum atomic E-state index is 10.6. The van der Waals surface area contributed by atoms with Gasteiger partial charge in [0.2, 0.25) is 0 Å². The highest BCUT2D eigenvalue weighted by Crippen LogP contribution is 2.23. The minimum atomic E-state index is -0.670. The molecule has 2 rings (SSSR count). The Morgan fingerprint density at radius 2 is 2.10 bits per heavy atom. The number of hydrogen-bond donors (Lipinski definition) is 1. The molecular weight excluding hydrogens is 266 g/mol. The lowest BCUT2D eigenvalue weighted by molar-refractivity contribution is -0.137. The lowest BCUT2D eigenvalue weighted by Gasteiger charge is -2.31. The molecule has 1 fully saturated rings. The topological polar surface area (TPSA) is 58.4 Å². The summed E-state index contributed by atoms with van der Waals surface area (Å²) in [6.07, 6.45) is 4.36. The van der Waals surface area contributed by atoms with Crippen LogP contribution in [0.2, 0.25) is 0 Å². The number of hydrogen-bond acceptors (Lipinski definition) is 3. The summed E-state index contributed by atoms with van der Waals surface area (Å²) < 4.78 is 2.11. The third-order valence-electron chi connectivity index (χ3n) is 4.43. The van der Waals surface area contributed by atoms with E-state index in [4.69, 9.17) is 5.11 Å². The molecule has 1 N–H and O–H groups in total. The highest BCUT2D eigenvalue weighted by Gasteiger charge is 2.21. The Hall–Kier alpha value is -1.36. The van der Waals surface area contributed by atoms with Gasteiger partial charge in [-0.05, 0) is 57.7 Å². The number of aromatic nitrogens is 2. The van der Waals surface area contributed by atoms with Gasteiger partial charge in [-0.15, -0.1) is 0 Å². The Kier molecular flexibility index (Phi) is 5.79. The first kappa shape index (κ1) is 16.0. The molecule has 2 heterocycles. The molecule has 0 aliphatic carbocycles. The lowest BCUT2D eigenvalue weighted by atomic mass is 9.92. The smallest absolute Gasteiger partial charge is 0.303 e. The van der Waals surface area contributed by atoms with Gasteiger partial charge in [0, 0.05) is 19.5 Å². The van der Waals surface area contributed by atoms with Gasteiger partial charge < -0.3 is 5.11 Å². The van der Waals surface area contributed by atoms with Crippen molar-refractivity contribution in [2.24, 2.45) is 5.92 Å². The van der Waals surface area contributed by atoms with Crippen LogP contribution in [-0.4, -0.2) is 38.8 Å². The van der Waals surface area contributed by atoms with E-state index < -0.39 is 5.97 Å². The SMILES string of the molecule is CCc1cc(CN2CCC(CCC(=O)O)CC2)n(CC)n1. The maximum Gasteiger partial charge on any atom is 0.303 e. The molecule has 0 radical (unpaired) electrons. The van der Waals surface area contributed by atoms with Crippen molar-refractivity contribution in [1.29, 1.82) is 0 Å². The van der Waals surface area contributed by atoms with Gasteiger partial charge in [0.05, 0.1) is 11.4 Å². The highest BCUT2D eigenvalue weighted by atomic mass is 16.4. The zero-order valence-corrected chi connectivity index (χ0v) is 13.2. The van der Waals surface area contributed by atoms with Crippen molar-refractivity contribution < 1.29 is 9.90 Å². The normalized spacial score (nSPS) is 17.2. The van der Waals surface area contributed by atoms with Crippen LogP contribution in [0.1, 0.15) is 50.9 Å². The molecule has 1 saturated heterocycles. The van der Waals surface area contributed by atoms with Crippen LogP contribution < -0.4 is 0 Å². The van der Waals surface area contributed by atoms with Gasteiger partial charge in [-0.25, -0.2) is 0 Å². The van der Waals surface area contributed by atoms with Crippen LogP contribution in [0, 0.1) is 5.92 Å². The molecule has 0 atom stereocenters. The van der Waals surface area contributed by atoms with Gasteiger partial charge in [0.1, 0.15) is 0 Å². The second-order valence-corrected chi connectivity index (χ2v) is 5.95. The van der Waals surface area contributed by atoms with Crippen molar-refractivity contribution in [1.82, 2.24) is 14.7 Å². The Morgan fingerprint density at radius 3 is 2.67 bits per heavy atom. The first-order valence-electron chi connectivity index (χ1n) is 8.12. The van der Waals surface area contributed by atoms with Gasteiger partial charge in [0.15, 0.2) is 0 Å². The number of likely N-dealkylation sites (tertiary alicyclic amines) is 1. The highest BCUT2D eigenvalue weighted by molar-refractivity contribution is 5.66. The monoisotopic (exact) mass is 293 g/mol. The van der Waals surface area contributed by atoms with Gasteiger partial charge in [-0.3, -0.25) is 14.4 Å². The molecule has 118 valence electrons. The van der Waals surface area contributed by atoms with Crippen molar-refractivity contribution in [3.63, 3.8) is 0 Å². The van der Waals surface area contributed by atoms with Gasteiger partial charge in [0.25, 0.3) is 0 Å². The zero-order chi connectivity index (χ0) is 15.2. The standard InChI is InChI=1S/C16H27N3O2/c1-3-14-11-15(19(4-2)17-14)12-18-9-7-13(8-10-18)5-6-16(20)21/h11,13H,3-10,12H2,1-2H3,(H,20,21). The summed E-state index contributed by atoms with van der Waals surface area (Å²) in [5.74, 6) is -0.0870. The molecule has 0 amide bonds. The number of carbonyl (C=O) groups is 1. The van der Waals surface area contributed by atoms with Crippen molar-refractivity contribution >= 4 is 5.97 Å². The van der Waals surface area contributed by atoms with Crippen molar-refractivity contribution in [2.45, 2.75) is 59.0 Å². The molecule has 0 spiro atoms. The van der Waals surface area contributed by atoms with Crippen LogP contribution in [0.5, 0.6) is 0 Å². The Bertz CT molecular complexity index is 462. The quantitative estimate of drug-likeness (QED) is 0.839. The molecule has 1 aliphatic rings. The van der Waals surface area contributed by atoms with Crippen LogP contribution in [0.3, 0.4) is 0 Å². The van der Waals surface area contributed by atoms with Gasteiger partial charge >= 0.3 is 5.97 Å². The molecule has 5 heteroatoms. The van der Waals surface area contributed by atoms with E-state index in [2.05, 4.69) is 34.6 Å². The first-order valence-corrected chi connectivity index (χ1v) is 8.12. The van der Waals surface area contributed by atoms with Crippen molar-refractivity contribution in [2.75, 3.05) is 13.1 Å². The molecule has 21 heavy (non-hydrogen) atoms. The minimum Gasteiger partial charge on any atom is -0.481 e. The Labute approximate surface area is 126 Å². The van der Waals surface area contributed by atoms with E-state index in [1.54, 1.807) is 0 Å². The van der Waals surface area contributed by atoms with Crippen LogP contribution in [0.15, 0.2) is 6.07 Å². The second-order valence-electron chi connectivity index (χ2n) is 5.95. The number of aliphatic carboxylic acids is 1. The maximum absolute atomic E-state index is 10.6. The number of aryl methyl sites for hydroxylation is 2. The first-order chi connectivity index (χ1) is 10.1. The largest absolute Gasteiger partial charge is 0.481 e. The fraction of sp³-hybridized carbons (Fsp3) is 0.750. The molecular formula is C16H27N3O2. The van der Waals surface area contributed by atoms with Crippen LogP contribution in [0.25, 0.3) is 0 Å². The van der Waals surface area contributed by atoms with E-state index in [9.17, 15) is 4.79 Å². The summed E-state index contributed by atoms with van der Waals surface area (Å²) in [5.41, 5.74) is 2.47. The second kappa shape index (κ2) is 7.59. The Morgan fingerprint density at radius 1 is 1.38 bits per heavy atom. The number of carboxylic acids is 1. The van der Waals surface area contributed by atoms with E-state index >= 15 is 0 Å². The molecule has 0 saturated carbocycles. The Balaban J connectivity index is 1.83. The molecule has 5 nitrogen and oxygen atoms in total. The number of carboxylic acid groups (broad SMARTS) is 1. The third kappa shape index (κ3) is 4.56. The van der Waals surface area contributed by atoms with Gasteiger partial charge in [-0.1, -0.05) is 6.92 Å². The van der Waals surface area contributed by atoms with Gasteiger partial charge in [-0.2, -0.15) is 5.10 Å². The molecule has 0 aromatic carbocycles. The average molecular weight is 293 g/mol. The number of piperidine rings is 1. The lowest BCUT2D eigenvalue weighted by Crippen LogP contribution is -2.34. The predicted molar refractivity (Wildman–Crippen MR) is 82.1 cm³/mol. The van der Waals surface area contributed by atoms with E-state index in [1.165, 1.54) is 11.4 Å². The molecule has 0 bridgehead atoms. The molecule has 1 aromatic heterocycles. The van der Waals surface area contributed by atoms with Crippen LogP contribution in [-0.2, 0) is 24.3 Å². The van der Waals surface area contributed by atoms with E-state index in [0.29, 0.717) is 12.3 Å². The van der Waals surface area contributed by atoms with Crippen LogP contribution in [0.4, 0.5) is 0 Å². The fourth-order valence-electron chi connectivity index (χ4n) is 3.08. The summed E-state index contributed by atoms with van der Waals surface area (Å²) in [6, 6.07) is 2.22. The van der Waals surface area contributed by atoms with E-state index in [-0.39, 0.29) is 0 Å². The summed E-state index contributed by atoms with van der Waals surface area (Å²) in [5, 5.41) is 13.4. The van der Waals surface area contributed by atoms with E-state index in [0.717, 1.165) is 51.9 Å². The summed E-state index contributed by atoms with van der Waals surface area (Å²) in [6.45, 7) is 8.30.